The summed E-state index contributed by atoms with van der Waals surface area (Å²) in [5, 5.41) is 0. The summed E-state index contributed by atoms with van der Waals surface area (Å²) < 4.78 is 22.1. The Balaban J connectivity index is 2.56. The first-order valence-electron chi connectivity index (χ1n) is 6.54. The van der Waals surface area contributed by atoms with E-state index in [9.17, 15) is 13.2 Å². The maximum absolute atomic E-state index is 12.0. The molecule has 1 amide bonds. The molecule has 1 heterocycles. The summed E-state index contributed by atoms with van der Waals surface area (Å²) in [6.07, 6.45) is 4.28. The SMILES string of the molecule is CCC1CCN(C(=O)CCS(C)(=O)=O)C(CN)C1. The molecular weight excluding hydrogens is 252 g/mol. The highest BCUT2D eigenvalue weighted by Gasteiger charge is 2.29. The Hall–Kier alpha value is -0.620. The van der Waals surface area contributed by atoms with E-state index >= 15 is 0 Å². The number of hydrogen-bond donors (Lipinski definition) is 1. The molecule has 1 aliphatic heterocycles. The smallest absolute Gasteiger partial charge is 0.223 e. The molecule has 6 heteroatoms. The highest BCUT2D eigenvalue weighted by atomic mass is 32.2. The lowest BCUT2D eigenvalue weighted by atomic mass is 9.89. The van der Waals surface area contributed by atoms with Gasteiger partial charge in [0, 0.05) is 31.8 Å². The van der Waals surface area contributed by atoms with Gasteiger partial charge in [-0.1, -0.05) is 13.3 Å². The van der Waals surface area contributed by atoms with Crippen LogP contribution in [0.1, 0.15) is 32.6 Å². The van der Waals surface area contributed by atoms with Crippen molar-refractivity contribution in [1.82, 2.24) is 4.90 Å². The van der Waals surface area contributed by atoms with Gasteiger partial charge in [-0.3, -0.25) is 4.79 Å². The minimum absolute atomic E-state index is 0.0726. The lowest BCUT2D eigenvalue weighted by Crippen LogP contribution is -2.49. The van der Waals surface area contributed by atoms with Crippen LogP contribution in [0.25, 0.3) is 0 Å². The zero-order chi connectivity index (χ0) is 13.8. The second-order valence-electron chi connectivity index (χ2n) is 5.16. The zero-order valence-electron chi connectivity index (χ0n) is 11.3. The molecule has 0 bridgehead atoms. The summed E-state index contributed by atoms with van der Waals surface area (Å²) >= 11 is 0. The summed E-state index contributed by atoms with van der Waals surface area (Å²) in [5.74, 6) is 0.486. The molecule has 0 aliphatic carbocycles. The number of amides is 1. The van der Waals surface area contributed by atoms with Crippen LogP contribution in [0.3, 0.4) is 0 Å². The average molecular weight is 276 g/mol. The van der Waals surface area contributed by atoms with Crippen molar-refractivity contribution in [2.45, 2.75) is 38.6 Å². The van der Waals surface area contributed by atoms with Crippen LogP contribution in [0.4, 0.5) is 0 Å². The van der Waals surface area contributed by atoms with Crippen LogP contribution in [0.5, 0.6) is 0 Å². The van der Waals surface area contributed by atoms with E-state index < -0.39 is 9.84 Å². The van der Waals surface area contributed by atoms with Gasteiger partial charge in [0.05, 0.1) is 5.75 Å². The standard InChI is InChI=1S/C12H24N2O3S/c1-3-10-4-6-14(11(8-10)9-13)12(15)5-7-18(2,16)17/h10-11H,3-9,13H2,1-2H3. The number of likely N-dealkylation sites (tertiary alicyclic amines) is 1. The van der Waals surface area contributed by atoms with Crippen LogP contribution >= 0.6 is 0 Å². The van der Waals surface area contributed by atoms with Crippen LogP contribution in [0, 0.1) is 5.92 Å². The average Bonchev–Trinajstić information content (AvgIpc) is 2.34. The maximum atomic E-state index is 12.0. The van der Waals surface area contributed by atoms with Gasteiger partial charge in [-0.25, -0.2) is 8.42 Å². The number of nitrogens with zero attached hydrogens (tertiary/aromatic N) is 1. The normalized spacial score (nSPS) is 25.2. The third kappa shape index (κ3) is 4.57. The maximum Gasteiger partial charge on any atom is 0.223 e. The second kappa shape index (κ2) is 6.52. The number of nitrogens with two attached hydrogens (primary N) is 1. The summed E-state index contributed by atoms with van der Waals surface area (Å²) in [7, 11) is -3.08. The molecule has 2 unspecified atom stereocenters. The molecule has 0 saturated carbocycles. The molecule has 2 N–H and O–H groups in total. The molecule has 5 nitrogen and oxygen atoms in total. The van der Waals surface area contributed by atoms with Gasteiger partial charge in [0.25, 0.3) is 0 Å². The van der Waals surface area contributed by atoms with Gasteiger partial charge >= 0.3 is 0 Å². The minimum atomic E-state index is -3.08. The monoisotopic (exact) mass is 276 g/mol. The lowest BCUT2D eigenvalue weighted by molar-refractivity contribution is -0.135. The van der Waals surface area contributed by atoms with Crippen molar-refractivity contribution in [2.24, 2.45) is 11.7 Å². The lowest BCUT2D eigenvalue weighted by Gasteiger charge is -2.39. The van der Waals surface area contributed by atoms with Crippen molar-refractivity contribution in [1.29, 1.82) is 0 Å². The van der Waals surface area contributed by atoms with E-state index in [2.05, 4.69) is 6.92 Å². The molecule has 1 fully saturated rings. The Morgan fingerprint density at radius 2 is 2.11 bits per heavy atom. The van der Waals surface area contributed by atoms with Gasteiger partial charge in [-0.05, 0) is 18.8 Å². The van der Waals surface area contributed by atoms with Gasteiger partial charge < -0.3 is 10.6 Å². The van der Waals surface area contributed by atoms with E-state index in [1.54, 1.807) is 4.90 Å². The van der Waals surface area contributed by atoms with E-state index in [4.69, 9.17) is 5.73 Å². The Morgan fingerprint density at radius 1 is 1.44 bits per heavy atom. The van der Waals surface area contributed by atoms with Crippen LogP contribution in [0.2, 0.25) is 0 Å². The van der Waals surface area contributed by atoms with E-state index in [1.807, 2.05) is 0 Å². The van der Waals surface area contributed by atoms with Crippen molar-refractivity contribution in [3.63, 3.8) is 0 Å². The van der Waals surface area contributed by atoms with E-state index in [-0.39, 0.29) is 24.1 Å². The van der Waals surface area contributed by atoms with Gasteiger partial charge in [0.15, 0.2) is 0 Å². The van der Waals surface area contributed by atoms with Crippen molar-refractivity contribution >= 4 is 15.7 Å². The molecule has 0 aromatic rings. The van der Waals surface area contributed by atoms with Crippen molar-refractivity contribution < 1.29 is 13.2 Å². The fourth-order valence-corrected chi connectivity index (χ4v) is 3.02. The van der Waals surface area contributed by atoms with Crippen LogP contribution < -0.4 is 5.73 Å². The Kier molecular flexibility index (Phi) is 5.59. The number of hydrogen-bond acceptors (Lipinski definition) is 4. The molecular formula is C12H24N2O3S. The van der Waals surface area contributed by atoms with E-state index in [1.165, 1.54) is 0 Å². The highest BCUT2D eigenvalue weighted by molar-refractivity contribution is 7.90. The summed E-state index contributed by atoms with van der Waals surface area (Å²) in [5.41, 5.74) is 5.72. The molecule has 0 spiro atoms. The highest BCUT2D eigenvalue weighted by Crippen LogP contribution is 2.25. The first-order valence-corrected chi connectivity index (χ1v) is 8.60. The molecule has 18 heavy (non-hydrogen) atoms. The minimum Gasteiger partial charge on any atom is -0.338 e. The first kappa shape index (κ1) is 15.4. The third-order valence-electron chi connectivity index (χ3n) is 3.68. The van der Waals surface area contributed by atoms with Crippen molar-refractivity contribution in [3.8, 4) is 0 Å². The summed E-state index contributed by atoms with van der Waals surface area (Å²) in [6.45, 7) is 3.32. The van der Waals surface area contributed by atoms with Crippen molar-refractivity contribution in [3.05, 3.63) is 0 Å². The third-order valence-corrected chi connectivity index (χ3v) is 4.63. The number of rotatable bonds is 5. The molecule has 1 rings (SSSR count). The van der Waals surface area contributed by atoms with Crippen LogP contribution in [-0.4, -0.2) is 50.4 Å². The zero-order valence-corrected chi connectivity index (χ0v) is 12.1. The molecule has 106 valence electrons. The fraction of sp³-hybridized carbons (Fsp3) is 0.917. The van der Waals surface area contributed by atoms with Gasteiger partial charge in [0.2, 0.25) is 5.91 Å². The largest absolute Gasteiger partial charge is 0.338 e. The topological polar surface area (TPSA) is 80.5 Å². The number of carbonyl (C=O) groups is 1. The molecule has 0 aromatic heterocycles. The Labute approximate surface area is 110 Å². The predicted octanol–water partition coefficient (Wildman–Crippen LogP) is 0.397. The summed E-state index contributed by atoms with van der Waals surface area (Å²) in [6, 6.07) is 0.0794. The quantitative estimate of drug-likeness (QED) is 0.788. The van der Waals surface area contributed by atoms with Crippen LogP contribution in [-0.2, 0) is 14.6 Å². The van der Waals surface area contributed by atoms with Crippen LogP contribution in [0.15, 0.2) is 0 Å². The van der Waals surface area contributed by atoms with Gasteiger partial charge in [0.1, 0.15) is 9.84 Å². The number of piperidine rings is 1. The second-order valence-corrected chi connectivity index (χ2v) is 7.41. The molecule has 1 aliphatic rings. The number of carbonyl (C=O) groups excluding carboxylic acids is 1. The Bertz CT molecular complexity index is 381. The van der Waals surface area contributed by atoms with Crippen molar-refractivity contribution in [2.75, 3.05) is 25.1 Å². The molecule has 1 saturated heterocycles. The van der Waals surface area contributed by atoms with Gasteiger partial charge in [-0.15, -0.1) is 0 Å². The molecule has 2 atom stereocenters. The molecule has 0 aromatic carbocycles. The number of sulfone groups is 1. The van der Waals surface area contributed by atoms with E-state index in [0.29, 0.717) is 19.0 Å². The fourth-order valence-electron chi connectivity index (χ4n) is 2.47. The van der Waals surface area contributed by atoms with E-state index in [0.717, 1.165) is 25.5 Å². The summed E-state index contributed by atoms with van der Waals surface area (Å²) in [4.78, 5) is 13.8. The van der Waals surface area contributed by atoms with Gasteiger partial charge in [-0.2, -0.15) is 0 Å². The Morgan fingerprint density at radius 3 is 2.61 bits per heavy atom. The first-order chi connectivity index (χ1) is 8.37. The molecule has 0 radical (unpaired) electrons. The predicted molar refractivity (Wildman–Crippen MR) is 71.9 cm³/mol.